The number of aryl methyl sites for hydroxylation is 1. The number of aromatic nitrogens is 1. The van der Waals surface area contributed by atoms with Gasteiger partial charge in [-0.25, -0.2) is 9.78 Å². The van der Waals surface area contributed by atoms with Crippen LogP contribution in [0.5, 0.6) is 0 Å². The van der Waals surface area contributed by atoms with Gasteiger partial charge in [0.2, 0.25) is 0 Å². The highest BCUT2D eigenvalue weighted by Crippen LogP contribution is 2.31. The van der Waals surface area contributed by atoms with Crippen molar-refractivity contribution in [3.63, 3.8) is 0 Å². The number of hydrogen-bond donors (Lipinski definition) is 2. The van der Waals surface area contributed by atoms with E-state index in [0.29, 0.717) is 18.7 Å². The molecule has 17 heavy (non-hydrogen) atoms. The second-order valence-electron chi connectivity index (χ2n) is 4.79. The lowest BCUT2D eigenvalue weighted by molar-refractivity contribution is -0.143. The summed E-state index contributed by atoms with van der Waals surface area (Å²) in [5.41, 5.74) is 0.254. The maximum Gasteiger partial charge on any atom is 0.329 e. The van der Waals surface area contributed by atoms with Crippen molar-refractivity contribution in [2.45, 2.75) is 44.6 Å². The van der Waals surface area contributed by atoms with Gasteiger partial charge in [-0.15, -0.1) is 0 Å². The zero-order valence-corrected chi connectivity index (χ0v) is 10.1. The Morgan fingerprint density at radius 1 is 1.35 bits per heavy atom. The van der Waals surface area contributed by atoms with Crippen LogP contribution in [-0.2, 0) is 4.79 Å². The molecule has 92 valence electrons. The molecule has 0 saturated heterocycles. The monoisotopic (exact) mass is 234 g/mol. The minimum Gasteiger partial charge on any atom is -0.480 e. The van der Waals surface area contributed by atoms with Gasteiger partial charge in [-0.3, -0.25) is 0 Å². The highest BCUT2D eigenvalue weighted by molar-refractivity contribution is 5.82. The van der Waals surface area contributed by atoms with Gasteiger partial charge in [0.05, 0.1) is 0 Å². The second-order valence-corrected chi connectivity index (χ2v) is 4.79. The third-order valence-corrected chi connectivity index (χ3v) is 3.40. The summed E-state index contributed by atoms with van der Waals surface area (Å²) in [6.45, 7) is 1.96. The number of nitrogens with one attached hydrogen (secondary N) is 1. The van der Waals surface area contributed by atoms with Crippen LogP contribution in [0.15, 0.2) is 18.3 Å². The molecule has 4 nitrogen and oxygen atoms in total. The predicted octanol–water partition coefficient (Wildman–Crippen LogP) is 2.59. The number of hydrogen-bond acceptors (Lipinski definition) is 3. The fraction of sp³-hybridized carbons (Fsp3) is 0.538. The standard InChI is InChI=1S/C13H18N2O2/c1-10-5-6-11(14-9-10)15-13(12(16)17)7-3-2-4-8-13/h5-6,9H,2-4,7-8H2,1H3,(H,14,15)(H,16,17). The number of carboxylic acid groups (broad SMARTS) is 1. The summed E-state index contributed by atoms with van der Waals surface area (Å²) in [6.07, 6.45) is 6.16. The SMILES string of the molecule is Cc1ccc(NC2(C(=O)O)CCCCC2)nc1. The molecule has 0 amide bonds. The molecule has 1 fully saturated rings. The molecule has 0 unspecified atom stereocenters. The molecule has 0 aromatic carbocycles. The van der Waals surface area contributed by atoms with Crippen LogP contribution < -0.4 is 5.32 Å². The molecule has 0 aliphatic heterocycles. The zero-order chi connectivity index (χ0) is 12.3. The van der Waals surface area contributed by atoms with Gasteiger partial charge in [0.1, 0.15) is 11.4 Å². The van der Waals surface area contributed by atoms with E-state index in [-0.39, 0.29) is 0 Å². The van der Waals surface area contributed by atoms with Crippen molar-refractivity contribution < 1.29 is 9.90 Å². The maximum absolute atomic E-state index is 11.5. The molecule has 1 saturated carbocycles. The van der Waals surface area contributed by atoms with Gasteiger partial charge >= 0.3 is 5.97 Å². The first-order valence-corrected chi connectivity index (χ1v) is 6.07. The van der Waals surface area contributed by atoms with Crippen molar-refractivity contribution in [3.8, 4) is 0 Å². The summed E-state index contributed by atoms with van der Waals surface area (Å²) < 4.78 is 0. The minimum atomic E-state index is -0.819. The number of rotatable bonds is 3. The molecule has 0 radical (unpaired) electrons. The molecule has 0 atom stereocenters. The summed E-state index contributed by atoms with van der Waals surface area (Å²) in [4.78, 5) is 15.7. The van der Waals surface area contributed by atoms with E-state index in [1.807, 2.05) is 19.1 Å². The first-order chi connectivity index (χ1) is 8.12. The Kier molecular flexibility index (Phi) is 3.31. The van der Waals surface area contributed by atoms with Crippen LogP contribution in [0.2, 0.25) is 0 Å². The normalized spacial score (nSPS) is 18.6. The fourth-order valence-electron chi connectivity index (χ4n) is 2.33. The first kappa shape index (κ1) is 11.9. The van der Waals surface area contributed by atoms with Crippen molar-refractivity contribution in [3.05, 3.63) is 23.9 Å². The molecule has 1 heterocycles. The first-order valence-electron chi connectivity index (χ1n) is 6.07. The molecule has 0 bridgehead atoms. The Bertz CT molecular complexity index is 394. The van der Waals surface area contributed by atoms with E-state index >= 15 is 0 Å². The topological polar surface area (TPSA) is 62.2 Å². The van der Waals surface area contributed by atoms with Gasteiger partial charge in [-0.05, 0) is 31.4 Å². The van der Waals surface area contributed by atoms with Gasteiger partial charge in [-0.2, -0.15) is 0 Å². The lowest BCUT2D eigenvalue weighted by atomic mass is 9.81. The number of carbonyl (C=O) groups is 1. The highest BCUT2D eigenvalue weighted by atomic mass is 16.4. The average Bonchev–Trinajstić information content (AvgIpc) is 2.33. The van der Waals surface area contributed by atoms with Gasteiger partial charge in [-0.1, -0.05) is 25.3 Å². The molecule has 1 aliphatic carbocycles. The third-order valence-electron chi connectivity index (χ3n) is 3.40. The van der Waals surface area contributed by atoms with Gasteiger partial charge < -0.3 is 10.4 Å². The number of pyridine rings is 1. The van der Waals surface area contributed by atoms with Crippen molar-refractivity contribution in [2.75, 3.05) is 5.32 Å². The van der Waals surface area contributed by atoms with Crippen molar-refractivity contribution in [1.82, 2.24) is 4.98 Å². The number of nitrogens with zero attached hydrogens (tertiary/aromatic N) is 1. The van der Waals surface area contributed by atoms with E-state index in [9.17, 15) is 9.90 Å². The number of carboxylic acids is 1. The van der Waals surface area contributed by atoms with E-state index in [1.54, 1.807) is 6.20 Å². The Morgan fingerprint density at radius 2 is 2.06 bits per heavy atom. The molecule has 2 rings (SSSR count). The van der Waals surface area contributed by atoms with Crippen LogP contribution in [-0.4, -0.2) is 21.6 Å². The Balaban J connectivity index is 2.17. The Hall–Kier alpha value is -1.58. The summed E-state index contributed by atoms with van der Waals surface area (Å²) in [6, 6.07) is 3.78. The molecule has 1 aliphatic rings. The van der Waals surface area contributed by atoms with Gasteiger partial charge in [0.25, 0.3) is 0 Å². The second kappa shape index (κ2) is 4.73. The summed E-state index contributed by atoms with van der Waals surface area (Å²) >= 11 is 0. The molecule has 0 spiro atoms. The summed E-state index contributed by atoms with van der Waals surface area (Å²) in [7, 11) is 0. The van der Waals surface area contributed by atoms with Crippen LogP contribution in [0.4, 0.5) is 5.82 Å². The average molecular weight is 234 g/mol. The molecule has 1 aromatic rings. The van der Waals surface area contributed by atoms with E-state index in [1.165, 1.54) is 0 Å². The summed E-state index contributed by atoms with van der Waals surface area (Å²) in [5.74, 6) is -0.112. The number of anilines is 1. The molecule has 4 heteroatoms. The van der Waals surface area contributed by atoms with Crippen molar-refractivity contribution >= 4 is 11.8 Å². The van der Waals surface area contributed by atoms with E-state index in [2.05, 4.69) is 10.3 Å². The smallest absolute Gasteiger partial charge is 0.329 e. The van der Waals surface area contributed by atoms with E-state index in [4.69, 9.17) is 0 Å². The molecular weight excluding hydrogens is 216 g/mol. The molecule has 2 N–H and O–H groups in total. The Labute approximate surface area is 101 Å². The van der Waals surface area contributed by atoms with Crippen LogP contribution in [0.25, 0.3) is 0 Å². The highest BCUT2D eigenvalue weighted by Gasteiger charge is 2.39. The third kappa shape index (κ3) is 2.57. The lowest BCUT2D eigenvalue weighted by Gasteiger charge is -2.34. The van der Waals surface area contributed by atoms with E-state index < -0.39 is 11.5 Å². The predicted molar refractivity (Wildman–Crippen MR) is 66.0 cm³/mol. The van der Waals surface area contributed by atoms with Gasteiger partial charge in [0.15, 0.2) is 0 Å². The zero-order valence-electron chi connectivity index (χ0n) is 10.1. The number of aliphatic carboxylic acids is 1. The van der Waals surface area contributed by atoms with Crippen LogP contribution in [0, 0.1) is 6.92 Å². The van der Waals surface area contributed by atoms with Gasteiger partial charge in [0, 0.05) is 6.20 Å². The fourth-order valence-corrected chi connectivity index (χ4v) is 2.33. The maximum atomic E-state index is 11.5. The van der Waals surface area contributed by atoms with Crippen molar-refractivity contribution in [1.29, 1.82) is 0 Å². The molecular formula is C13H18N2O2. The largest absolute Gasteiger partial charge is 0.480 e. The van der Waals surface area contributed by atoms with Crippen molar-refractivity contribution in [2.24, 2.45) is 0 Å². The minimum absolute atomic E-state index is 0.653. The van der Waals surface area contributed by atoms with E-state index in [0.717, 1.165) is 24.8 Å². The summed E-state index contributed by atoms with van der Waals surface area (Å²) in [5, 5.41) is 12.5. The van der Waals surface area contributed by atoms with Crippen LogP contribution >= 0.6 is 0 Å². The Morgan fingerprint density at radius 3 is 2.59 bits per heavy atom. The van der Waals surface area contributed by atoms with Crippen LogP contribution in [0.3, 0.4) is 0 Å². The van der Waals surface area contributed by atoms with Crippen LogP contribution in [0.1, 0.15) is 37.7 Å². The lowest BCUT2D eigenvalue weighted by Crippen LogP contribution is -2.48. The molecule has 1 aromatic heterocycles. The quantitative estimate of drug-likeness (QED) is 0.843.